The highest BCUT2D eigenvalue weighted by molar-refractivity contribution is 7.93. The molecular weight excluding hydrogens is 354 g/mol. The first-order chi connectivity index (χ1) is 12.2. The van der Waals surface area contributed by atoms with Gasteiger partial charge in [-0.3, -0.25) is 9.10 Å². The van der Waals surface area contributed by atoms with Gasteiger partial charge in [-0.25, -0.2) is 8.42 Å². The Kier molecular flexibility index (Phi) is 5.92. The lowest BCUT2D eigenvalue weighted by molar-refractivity contribution is -0.138. The summed E-state index contributed by atoms with van der Waals surface area (Å²) in [7, 11) is -1.42. The van der Waals surface area contributed by atoms with Gasteiger partial charge < -0.3 is 9.47 Å². The van der Waals surface area contributed by atoms with Crippen molar-refractivity contribution in [2.45, 2.75) is 25.7 Å². The van der Waals surface area contributed by atoms with Crippen molar-refractivity contribution in [1.29, 1.82) is 0 Å². The second-order valence-electron chi connectivity index (χ2n) is 6.01. The van der Waals surface area contributed by atoms with Crippen molar-refractivity contribution in [3.05, 3.63) is 53.1 Å². The Morgan fingerprint density at radius 1 is 1.00 bits per heavy atom. The first-order valence-corrected chi connectivity index (χ1v) is 9.46. The number of carbonyl (C=O) groups excluding carboxylic acids is 1. The third kappa shape index (κ3) is 3.99. The molecule has 6 nitrogen and oxygen atoms in total. The standard InChI is InChI=1S/C19H23NO5S/c1-13-6-9-17(24-4)18(10-13)26(22,23)20(12-19(21)25-5)16-8-7-14(2)15(3)11-16/h6-11H,12H2,1-5H3. The molecule has 2 aromatic rings. The predicted molar refractivity (Wildman–Crippen MR) is 100 cm³/mol. The molecule has 0 fully saturated rings. The Balaban J connectivity index is 2.65. The minimum absolute atomic E-state index is 0.00197. The van der Waals surface area contributed by atoms with E-state index in [0.717, 1.165) is 21.0 Å². The molecule has 2 aromatic carbocycles. The second kappa shape index (κ2) is 7.78. The average molecular weight is 377 g/mol. The van der Waals surface area contributed by atoms with Crippen molar-refractivity contribution in [2.75, 3.05) is 25.1 Å². The monoisotopic (exact) mass is 377 g/mol. The fourth-order valence-electron chi connectivity index (χ4n) is 2.48. The van der Waals surface area contributed by atoms with E-state index in [-0.39, 0.29) is 10.6 Å². The molecule has 0 heterocycles. The maximum atomic E-state index is 13.4. The van der Waals surface area contributed by atoms with Crippen LogP contribution in [0.4, 0.5) is 5.69 Å². The van der Waals surface area contributed by atoms with Gasteiger partial charge in [-0.05, 0) is 61.7 Å². The molecule has 2 rings (SSSR count). The molecule has 0 aromatic heterocycles. The number of nitrogens with zero attached hydrogens (tertiary/aromatic N) is 1. The number of aryl methyl sites for hydroxylation is 3. The summed E-state index contributed by atoms with van der Waals surface area (Å²) < 4.78 is 37.7. The first kappa shape index (κ1) is 19.8. The third-order valence-corrected chi connectivity index (χ3v) is 5.96. The molecule has 0 saturated carbocycles. The van der Waals surface area contributed by atoms with Gasteiger partial charge >= 0.3 is 5.97 Å². The lowest BCUT2D eigenvalue weighted by atomic mass is 10.1. The van der Waals surface area contributed by atoms with E-state index in [2.05, 4.69) is 0 Å². The van der Waals surface area contributed by atoms with Crippen molar-refractivity contribution in [1.82, 2.24) is 0 Å². The van der Waals surface area contributed by atoms with E-state index in [1.165, 1.54) is 20.3 Å². The summed E-state index contributed by atoms with van der Waals surface area (Å²) in [4.78, 5) is 11.9. The Morgan fingerprint density at radius 3 is 2.27 bits per heavy atom. The molecule has 0 aliphatic heterocycles. The first-order valence-electron chi connectivity index (χ1n) is 8.02. The van der Waals surface area contributed by atoms with Crippen LogP contribution in [0.2, 0.25) is 0 Å². The zero-order valence-electron chi connectivity index (χ0n) is 15.6. The molecule has 0 aliphatic rings. The summed E-state index contributed by atoms with van der Waals surface area (Å²) in [5.41, 5.74) is 3.10. The molecule has 0 atom stereocenters. The van der Waals surface area contributed by atoms with E-state index < -0.39 is 22.5 Å². The molecule has 0 radical (unpaired) electrons. The molecule has 0 bridgehead atoms. The highest BCUT2D eigenvalue weighted by atomic mass is 32.2. The van der Waals surface area contributed by atoms with E-state index in [1.54, 1.807) is 31.2 Å². The molecule has 140 valence electrons. The van der Waals surface area contributed by atoms with Crippen LogP contribution in [0.3, 0.4) is 0 Å². The summed E-state index contributed by atoms with van der Waals surface area (Å²) in [6.45, 7) is 5.18. The van der Waals surface area contributed by atoms with Crippen molar-refractivity contribution in [3.8, 4) is 5.75 Å². The SMILES string of the molecule is COC(=O)CN(c1ccc(C)c(C)c1)S(=O)(=O)c1cc(C)ccc1OC. The summed E-state index contributed by atoms with van der Waals surface area (Å²) in [5.74, 6) is -0.437. The lowest BCUT2D eigenvalue weighted by Crippen LogP contribution is -2.36. The number of carbonyl (C=O) groups is 1. The predicted octanol–water partition coefficient (Wildman–Crippen LogP) is 2.99. The number of hydrogen-bond donors (Lipinski definition) is 0. The van der Waals surface area contributed by atoms with Gasteiger partial charge in [0, 0.05) is 0 Å². The van der Waals surface area contributed by atoms with E-state index in [0.29, 0.717) is 5.69 Å². The minimum atomic E-state index is -4.05. The lowest BCUT2D eigenvalue weighted by Gasteiger charge is -2.25. The Labute approximate surface area is 154 Å². The van der Waals surface area contributed by atoms with Crippen molar-refractivity contribution >= 4 is 21.7 Å². The van der Waals surface area contributed by atoms with E-state index >= 15 is 0 Å². The Bertz CT molecular complexity index is 922. The number of anilines is 1. The normalized spacial score (nSPS) is 11.1. The third-order valence-electron chi connectivity index (χ3n) is 4.17. The maximum absolute atomic E-state index is 13.4. The fourth-order valence-corrected chi connectivity index (χ4v) is 4.13. The Hall–Kier alpha value is -2.54. The number of hydrogen-bond acceptors (Lipinski definition) is 5. The zero-order chi connectivity index (χ0) is 19.5. The second-order valence-corrected chi connectivity index (χ2v) is 7.84. The Morgan fingerprint density at radius 2 is 1.69 bits per heavy atom. The van der Waals surface area contributed by atoms with E-state index in [1.807, 2.05) is 19.9 Å². The van der Waals surface area contributed by atoms with Crippen LogP contribution in [0.25, 0.3) is 0 Å². The highest BCUT2D eigenvalue weighted by Gasteiger charge is 2.30. The van der Waals surface area contributed by atoms with Crippen LogP contribution in [0.5, 0.6) is 5.75 Å². The number of ether oxygens (including phenoxy) is 2. The molecule has 26 heavy (non-hydrogen) atoms. The van der Waals surface area contributed by atoms with Gasteiger partial charge in [0.25, 0.3) is 10.0 Å². The van der Waals surface area contributed by atoms with Gasteiger partial charge in [0.2, 0.25) is 0 Å². The highest BCUT2D eigenvalue weighted by Crippen LogP contribution is 2.31. The molecule has 0 saturated heterocycles. The van der Waals surface area contributed by atoms with E-state index in [4.69, 9.17) is 9.47 Å². The van der Waals surface area contributed by atoms with Crippen LogP contribution in [-0.2, 0) is 19.6 Å². The smallest absolute Gasteiger partial charge is 0.326 e. The van der Waals surface area contributed by atoms with Crippen molar-refractivity contribution in [2.24, 2.45) is 0 Å². The van der Waals surface area contributed by atoms with Crippen LogP contribution in [0.1, 0.15) is 16.7 Å². The molecule has 0 amide bonds. The van der Waals surface area contributed by atoms with Gasteiger partial charge in [-0.15, -0.1) is 0 Å². The van der Waals surface area contributed by atoms with Gasteiger partial charge in [-0.1, -0.05) is 12.1 Å². The molecule has 0 N–H and O–H groups in total. The molecule has 7 heteroatoms. The summed E-state index contributed by atoms with van der Waals surface area (Å²) in [6.07, 6.45) is 0. The minimum Gasteiger partial charge on any atom is -0.495 e. The molecule has 0 spiro atoms. The van der Waals surface area contributed by atoms with Crippen LogP contribution in [0, 0.1) is 20.8 Å². The van der Waals surface area contributed by atoms with Crippen molar-refractivity contribution < 1.29 is 22.7 Å². The number of sulfonamides is 1. The largest absolute Gasteiger partial charge is 0.495 e. The quantitative estimate of drug-likeness (QED) is 0.724. The molecular formula is C19H23NO5S. The van der Waals surface area contributed by atoms with Gasteiger partial charge in [0.1, 0.15) is 17.2 Å². The van der Waals surface area contributed by atoms with Crippen LogP contribution >= 0.6 is 0 Å². The van der Waals surface area contributed by atoms with Crippen molar-refractivity contribution in [3.63, 3.8) is 0 Å². The summed E-state index contributed by atoms with van der Waals surface area (Å²) in [6, 6.07) is 10.1. The van der Waals surface area contributed by atoms with Gasteiger partial charge in [-0.2, -0.15) is 0 Å². The maximum Gasteiger partial charge on any atom is 0.326 e. The molecule has 0 aliphatic carbocycles. The van der Waals surface area contributed by atoms with Crippen LogP contribution in [0.15, 0.2) is 41.3 Å². The van der Waals surface area contributed by atoms with Crippen LogP contribution in [-0.4, -0.2) is 35.2 Å². The summed E-state index contributed by atoms with van der Waals surface area (Å²) in [5, 5.41) is 0. The topological polar surface area (TPSA) is 72.9 Å². The number of benzene rings is 2. The number of esters is 1. The zero-order valence-corrected chi connectivity index (χ0v) is 16.4. The number of rotatable bonds is 6. The van der Waals surface area contributed by atoms with Gasteiger partial charge in [0.05, 0.1) is 19.9 Å². The fraction of sp³-hybridized carbons (Fsp3) is 0.316. The van der Waals surface area contributed by atoms with Crippen LogP contribution < -0.4 is 9.04 Å². The van der Waals surface area contributed by atoms with E-state index in [9.17, 15) is 13.2 Å². The average Bonchev–Trinajstić information content (AvgIpc) is 2.61. The number of methoxy groups -OCH3 is 2. The van der Waals surface area contributed by atoms with Gasteiger partial charge in [0.15, 0.2) is 0 Å². The summed E-state index contributed by atoms with van der Waals surface area (Å²) >= 11 is 0. The molecule has 0 unspecified atom stereocenters.